The number of H-pyrrole nitrogens is 1. The molecular formula is C26H43N3O6. The molecule has 0 saturated heterocycles. The van der Waals surface area contributed by atoms with Crippen LogP contribution in [0.4, 0.5) is 0 Å². The van der Waals surface area contributed by atoms with Crippen LogP contribution in [0.2, 0.25) is 0 Å². The van der Waals surface area contributed by atoms with Gasteiger partial charge in [0, 0.05) is 56.5 Å². The second kappa shape index (κ2) is 15.7. The Bertz CT molecular complexity index is 921. The average molecular weight is 494 g/mol. The van der Waals surface area contributed by atoms with Crippen molar-refractivity contribution in [1.82, 2.24) is 14.8 Å². The Morgan fingerprint density at radius 2 is 1.74 bits per heavy atom. The van der Waals surface area contributed by atoms with Crippen LogP contribution in [0.1, 0.15) is 31.9 Å². The van der Waals surface area contributed by atoms with Crippen molar-refractivity contribution < 1.29 is 30.3 Å². The summed E-state index contributed by atoms with van der Waals surface area (Å²) >= 11 is 0. The van der Waals surface area contributed by atoms with Gasteiger partial charge in [0.1, 0.15) is 6.10 Å². The number of carbonyl (C=O) groups is 1. The molecule has 0 bridgehead atoms. The first-order valence-electron chi connectivity index (χ1n) is 12.1. The van der Waals surface area contributed by atoms with Gasteiger partial charge >= 0.3 is 0 Å². The molecule has 1 aromatic carbocycles. The summed E-state index contributed by atoms with van der Waals surface area (Å²) in [7, 11) is 3.15. The van der Waals surface area contributed by atoms with Crippen LogP contribution in [0.3, 0.4) is 0 Å². The first kappa shape index (κ1) is 30.8. The molecule has 4 rings (SSSR count). The number of aliphatic hydroxyl groups excluding tert-OH is 5. The molecule has 1 aromatic heterocycles. The van der Waals surface area contributed by atoms with Crippen LogP contribution in [-0.2, 0) is 11.2 Å². The van der Waals surface area contributed by atoms with Crippen LogP contribution in [0, 0.1) is 5.92 Å². The smallest absolute Gasteiger partial charge is 0.230 e. The molecule has 1 aliphatic heterocycles. The molecule has 2 atom stereocenters. The van der Waals surface area contributed by atoms with Crippen molar-refractivity contribution in [3.63, 3.8) is 0 Å². The van der Waals surface area contributed by atoms with Crippen molar-refractivity contribution in [3.05, 3.63) is 41.6 Å². The second-order valence-electron chi connectivity index (χ2n) is 8.28. The zero-order chi connectivity index (χ0) is 26.5. The Morgan fingerprint density at radius 1 is 1.14 bits per heavy atom. The van der Waals surface area contributed by atoms with Crippen LogP contribution in [0.15, 0.2) is 30.5 Å². The Hall–Kier alpha value is -2.27. The number of nitrogens with one attached hydrogen (secondary N) is 1. The van der Waals surface area contributed by atoms with Crippen molar-refractivity contribution in [2.75, 3.05) is 53.6 Å². The first-order valence-corrected chi connectivity index (χ1v) is 12.1. The SMILES string of the molecule is CCN(CC)C(=O)[C@@H]1C=C2c3cccc4[nH]cc(c34)C[C@H]2N(C)C1.CCO.CO.OCC(O)CO. The summed E-state index contributed by atoms with van der Waals surface area (Å²) in [6, 6.07) is 6.82. The van der Waals surface area contributed by atoms with E-state index in [1.165, 1.54) is 27.6 Å². The van der Waals surface area contributed by atoms with Crippen LogP contribution in [0.25, 0.3) is 16.5 Å². The zero-order valence-corrected chi connectivity index (χ0v) is 21.6. The highest BCUT2D eigenvalue weighted by Gasteiger charge is 2.36. The number of aliphatic hydroxyl groups is 5. The monoisotopic (exact) mass is 493 g/mol. The Labute approximate surface area is 208 Å². The van der Waals surface area contributed by atoms with E-state index in [0.29, 0.717) is 6.04 Å². The normalized spacial score (nSPS) is 18.2. The molecule has 1 aliphatic carbocycles. The van der Waals surface area contributed by atoms with Crippen molar-refractivity contribution in [2.24, 2.45) is 5.92 Å². The second-order valence-corrected chi connectivity index (χ2v) is 8.28. The third-order valence-corrected chi connectivity index (χ3v) is 6.08. The predicted molar refractivity (Wildman–Crippen MR) is 139 cm³/mol. The fraction of sp³-hybridized carbons (Fsp3) is 0.577. The van der Waals surface area contributed by atoms with Gasteiger partial charge in [0.05, 0.1) is 19.1 Å². The number of aromatic nitrogens is 1. The molecule has 198 valence electrons. The fourth-order valence-corrected chi connectivity index (χ4v) is 4.43. The van der Waals surface area contributed by atoms with Gasteiger partial charge in [0.25, 0.3) is 0 Å². The van der Waals surface area contributed by atoms with Crippen molar-refractivity contribution >= 4 is 22.4 Å². The summed E-state index contributed by atoms with van der Waals surface area (Å²) in [5.74, 6) is 0.210. The third-order valence-electron chi connectivity index (χ3n) is 6.08. The van der Waals surface area contributed by atoms with Gasteiger partial charge in [-0.05, 0) is 57.0 Å². The number of rotatable bonds is 5. The highest BCUT2D eigenvalue weighted by molar-refractivity contribution is 5.99. The zero-order valence-electron chi connectivity index (χ0n) is 21.6. The minimum absolute atomic E-state index is 0.0445. The number of fused-ring (bicyclic) bond motifs is 2. The molecule has 9 heteroatoms. The molecule has 0 fully saturated rings. The lowest BCUT2D eigenvalue weighted by Gasteiger charge is -2.40. The first-order chi connectivity index (χ1) is 16.9. The summed E-state index contributed by atoms with van der Waals surface area (Å²) in [5.41, 5.74) is 5.21. The number of nitrogens with zero attached hydrogens (tertiary/aromatic N) is 2. The van der Waals surface area contributed by atoms with E-state index in [4.69, 9.17) is 25.5 Å². The van der Waals surface area contributed by atoms with E-state index in [9.17, 15) is 4.79 Å². The lowest BCUT2D eigenvalue weighted by Crippen LogP contribution is -2.47. The van der Waals surface area contributed by atoms with Gasteiger partial charge in [-0.15, -0.1) is 0 Å². The van der Waals surface area contributed by atoms with Crippen LogP contribution in [0.5, 0.6) is 0 Å². The van der Waals surface area contributed by atoms with Gasteiger partial charge in [-0.1, -0.05) is 18.2 Å². The number of likely N-dealkylation sites (N-methyl/N-ethyl adjacent to an activating group) is 1. The fourth-order valence-electron chi connectivity index (χ4n) is 4.43. The summed E-state index contributed by atoms with van der Waals surface area (Å²) in [4.78, 5) is 20.6. The van der Waals surface area contributed by atoms with Crippen LogP contribution < -0.4 is 0 Å². The number of hydrogen-bond donors (Lipinski definition) is 6. The number of aromatic amines is 1. The highest BCUT2D eigenvalue weighted by atomic mass is 16.3. The van der Waals surface area contributed by atoms with Gasteiger partial charge in [0.2, 0.25) is 5.91 Å². The van der Waals surface area contributed by atoms with E-state index in [2.05, 4.69) is 61.3 Å². The summed E-state index contributed by atoms with van der Waals surface area (Å²) in [6.45, 7) is 7.67. The summed E-state index contributed by atoms with van der Waals surface area (Å²) < 4.78 is 0. The van der Waals surface area contributed by atoms with Gasteiger partial charge in [-0.25, -0.2) is 0 Å². The largest absolute Gasteiger partial charge is 0.400 e. The molecule has 0 saturated carbocycles. The molecule has 2 heterocycles. The van der Waals surface area contributed by atoms with Crippen molar-refractivity contribution in [3.8, 4) is 0 Å². The third kappa shape index (κ3) is 7.60. The average Bonchev–Trinajstić information content (AvgIpc) is 3.31. The predicted octanol–water partition coefficient (Wildman–Crippen LogP) is 0.845. The molecule has 6 N–H and O–H groups in total. The van der Waals surface area contributed by atoms with Gasteiger partial charge < -0.3 is 35.4 Å². The Morgan fingerprint density at radius 3 is 2.26 bits per heavy atom. The van der Waals surface area contributed by atoms with E-state index in [1.807, 2.05) is 4.90 Å². The van der Waals surface area contributed by atoms with Crippen molar-refractivity contribution in [2.45, 2.75) is 39.3 Å². The number of benzene rings is 1. The van der Waals surface area contributed by atoms with E-state index in [1.54, 1.807) is 6.92 Å². The standard InChI is InChI=1S/C20H25N3O.C3H8O3.C2H6O.CH4O/c1-4-23(5-2)20(24)14-9-16-15-7-6-8-17-19(15)13(11-21-17)10-18(16)22(3)12-14;4-1-3(6)2-5;1-2-3;1-2/h6-9,11,14,18,21H,4-5,10,12H2,1-3H3;3-6H,1-2H2;3H,2H2,1H3;2H,1H3/t14-,18-;;;/m1.../s1. The maximum Gasteiger partial charge on any atom is 0.230 e. The van der Waals surface area contributed by atoms with E-state index in [0.717, 1.165) is 33.2 Å². The maximum atomic E-state index is 12.9. The molecule has 0 radical (unpaired) electrons. The molecule has 2 aliphatic rings. The molecular weight excluding hydrogens is 450 g/mol. The number of amides is 1. The molecule has 0 unspecified atom stereocenters. The van der Waals surface area contributed by atoms with E-state index >= 15 is 0 Å². The number of hydrogen-bond acceptors (Lipinski definition) is 7. The van der Waals surface area contributed by atoms with E-state index < -0.39 is 6.10 Å². The highest BCUT2D eigenvalue weighted by Crippen LogP contribution is 2.40. The summed E-state index contributed by atoms with van der Waals surface area (Å²) in [5, 5.41) is 39.9. The topological polar surface area (TPSA) is 140 Å². The van der Waals surface area contributed by atoms with Crippen LogP contribution in [-0.4, -0.2) is 112 Å². The minimum atomic E-state index is -0.954. The molecule has 1 amide bonds. The molecule has 9 nitrogen and oxygen atoms in total. The van der Waals surface area contributed by atoms with E-state index in [-0.39, 0.29) is 31.6 Å². The Balaban J connectivity index is 0.000000476. The van der Waals surface area contributed by atoms with Crippen LogP contribution >= 0.6 is 0 Å². The minimum Gasteiger partial charge on any atom is -0.400 e. The molecule has 0 spiro atoms. The quantitative estimate of drug-likeness (QED) is 0.363. The van der Waals surface area contributed by atoms with Gasteiger partial charge in [-0.2, -0.15) is 0 Å². The lowest BCUT2D eigenvalue weighted by atomic mass is 9.79. The maximum absolute atomic E-state index is 12.9. The molecule has 2 aromatic rings. The van der Waals surface area contributed by atoms with Crippen molar-refractivity contribution in [1.29, 1.82) is 0 Å². The number of carbonyl (C=O) groups excluding carboxylic acids is 1. The Kier molecular flexibility index (Phi) is 13.8. The molecule has 35 heavy (non-hydrogen) atoms. The van der Waals surface area contributed by atoms with Gasteiger partial charge in [-0.3, -0.25) is 9.69 Å². The van der Waals surface area contributed by atoms with Gasteiger partial charge in [0.15, 0.2) is 0 Å². The summed E-state index contributed by atoms with van der Waals surface area (Å²) in [6.07, 6.45) is 4.46. The lowest BCUT2D eigenvalue weighted by molar-refractivity contribution is -0.134.